The van der Waals surface area contributed by atoms with E-state index < -0.39 is 0 Å². The van der Waals surface area contributed by atoms with E-state index in [0.29, 0.717) is 6.54 Å². The zero-order valence-electron chi connectivity index (χ0n) is 7.88. The molecule has 0 bridgehead atoms. The van der Waals surface area contributed by atoms with Crippen molar-refractivity contribution in [3.05, 3.63) is 28.4 Å². The molecule has 2 rings (SSSR count). The van der Waals surface area contributed by atoms with E-state index >= 15 is 0 Å². The van der Waals surface area contributed by atoms with Crippen molar-refractivity contribution in [2.24, 2.45) is 5.73 Å². The van der Waals surface area contributed by atoms with Gasteiger partial charge >= 0.3 is 0 Å². The van der Waals surface area contributed by atoms with Gasteiger partial charge in [-0.15, -0.1) is 0 Å². The number of hydrogen-bond acceptors (Lipinski definition) is 3. The maximum Gasteiger partial charge on any atom is 0.0590 e. The Labute approximate surface area is 91.9 Å². The van der Waals surface area contributed by atoms with Crippen molar-refractivity contribution in [2.75, 3.05) is 6.54 Å². The lowest BCUT2D eigenvalue weighted by Gasteiger charge is -2.01. The lowest BCUT2D eigenvalue weighted by atomic mass is 10.1. The van der Waals surface area contributed by atoms with Gasteiger partial charge in [0.25, 0.3) is 0 Å². The van der Waals surface area contributed by atoms with Gasteiger partial charge in [-0.1, -0.05) is 11.6 Å². The van der Waals surface area contributed by atoms with E-state index in [4.69, 9.17) is 17.3 Å². The van der Waals surface area contributed by atoms with Gasteiger partial charge in [-0.05, 0) is 49.1 Å². The Bertz CT molecular complexity index is 464. The number of halogens is 1. The number of nitrogens with zero attached hydrogens (tertiary/aromatic N) is 1. The van der Waals surface area contributed by atoms with Crippen LogP contribution >= 0.6 is 23.1 Å². The summed E-state index contributed by atoms with van der Waals surface area (Å²) in [5.41, 5.74) is 7.81. The van der Waals surface area contributed by atoms with Gasteiger partial charge in [-0.3, -0.25) is 0 Å². The molecule has 0 spiro atoms. The monoisotopic (exact) mass is 226 g/mol. The summed E-state index contributed by atoms with van der Waals surface area (Å²) in [7, 11) is 0. The van der Waals surface area contributed by atoms with E-state index in [1.807, 2.05) is 19.1 Å². The van der Waals surface area contributed by atoms with Gasteiger partial charge in [0.05, 0.1) is 10.4 Å². The summed E-state index contributed by atoms with van der Waals surface area (Å²) in [6.45, 7) is 2.65. The van der Waals surface area contributed by atoms with Gasteiger partial charge < -0.3 is 5.73 Å². The molecule has 4 heteroatoms. The predicted octanol–water partition coefficient (Wildman–Crippen LogP) is 2.76. The number of hydrogen-bond donors (Lipinski definition) is 1. The summed E-state index contributed by atoms with van der Waals surface area (Å²) in [4.78, 5) is 0. The highest BCUT2D eigenvalue weighted by Gasteiger charge is 2.07. The molecule has 0 atom stereocenters. The zero-order chi connectivity index (χ0) is 10.1. The first-order valence-corrected chi connectivity index (χ1v) is 5.62. The molecule has 0 saturated carbocycles. The molecule has 0 unspecified atom stereocenters. The molecule has 0 fully saturated rings. The molecular weight excluding hydrogens is 216 g/mol. The van der Waals surface area contributed by atoms with Crippen LogP contribution in [0.5, 0.6) is 0 Å². The number of aromatic nitrogens is 1. The van der Waals surface area contributed by atoms with Crippen LogP contribution in [0, 0.1) is 6.92 Å². The number of fused-ring (bicyclic) bond motifs is 1. The Hall–Kier alpha value is -0.640. The van der Waals surface area contributed by atoms with Gasteiger partial charge in [-0.2, -0.15) is 4.37 Å². The molecule has 2 aromatic rings. The number of nitrogens with two attached hydrogens (primary N) is 1. The molecule has 0 radical (unpaired) electrons. The second-order valence-corrected chi connectivity index (χ2v) is 4.46. The minimum Gasteiger partial charge on any atom is -0.330 e. The fourth-order valence-corrected chi connectivity index (χ4v) is 2.68. The van der Waals surface area contributed by atoms with Crippen LogP contribution in [0.25, 0.3) is 10.1 Å². The lowest BCUT2D eigenvalue weighted by molar-refractivity contribution is 0.979. The van der Waals surface area contributed by atoms with Crippen LogP contribution in [0.2, 0.25) is 5.02 Å². The zero-order valence-corrected chi connectivity index (χ0v) is 9.45. The summed E-state index contributed by atoms with van der Waals surface area (Å²) in [6, 6.07) is 3.95. The summed E-state index contributed by atoms with van der Waals surface area (Å²) >= 11 is 7.55. The Morgan fingerprint density at radius 3 is 3.00 bits per heavy atom. The first kappa shape index (κ1) is 9.90. The topological polar surface area (TPSA) is 38.9 Å². The van der Waals surface area contributed by atoms with E-state index in [1.54, 1.807) is 0 Å². The molecule has 0 aliphatic rings. The number of benzene rings is 1. The predicted molar refractivity (Wildman–Crippen MR) is 62.1 cm³/mol. The van der Waals surface area contributed by atoms with E-state index in [-0.39, 0.29) is 0 Å². The highest BCUT2D eigenvalue weighted by atomic mass is 35.5. The third-order valence-corrected chi connectivity index (χ3v) is 3.46. The largest absolute Gasteiger partial charge is 0.330 e. The molecule has 1 heterocycles. The Morgan fingerprint density at radius 1 is 1.50 bits per heavy atom. The van der Waals surface area contributed by atoms with Crippen LogP contribution in [0.3, 0.4) is 0 Å². The van der Waals surface area contributed by atoms with Crippen LogP contribution in [0.15, 0.2) is 12.1 Å². The van der Waals surface area contributed by atoms with Crippen molar-refractivity contribution in [3.8, 4) is 0 Å². The summed E-state index contributed by atoms with van der Waals surface area (Å²) in [5.74, 6) is 0. The van der Waals surface area contributed by atoms with Gasteiger partial charge in [-0.25, -0.2) is 0 Å². The van der Waals surface area contributed by atoms with Gasteiger partial charge in [0.1, 0.15) is 0 Å². The summed E-state index contributed by atoms with van der Waals surface area (Å²) in [6.07, 6.45) is 0.860. The van der Waals surface area contributed by atoms with Crippen molar-refractivity contribution in [2.45, 2.75) is 13.3 Å². The molecule has 0 amide bonds. The highest BCUT2D eigenvalue weighted by molar-refractivity contribution is 7.13. The molecule has 0 aliphatic heterocycles. The summed E-state index contributed by atoms with van der Waals surface area (Å²) in [5, 5.41) is 1.93. The highest BCUT2D eigenvalue weighted by Crippen LogP contribution is 2.29. The maximum atomic E-state index is 6.02. The molecule has 74 valence electrons. The number of rotatable bonds is 2. The van der Waals surface area contributed by atoms with E-state index in [2.05, 4.69) is 4.37 Å². The average molecular weight is 227 g/mol. The summed E-state index contributed by atoms with van der Waals surface area (Å²) < 4.78 is 5.54. The fourth-order valence-electron chi connectivity index (χ4n) is 1.53. The van der Waals surface area contributed by atoms with Gasteiger partial charge in [0, 0.05) is 10.4 Å². The molecular formula is C10H11ClN2S. The molecule has 2 nitrogen and oxygen atoms in total. The SMILES string of the molecule is Cc1nsc2c(CCN)cc(Cl)cc12. The van der Waals surface area contributed by atoms with Gasteiger partial charge in [0.2, 0.25) is 0 Å². The molecule has 0 saturated heterocycles. The standard InChI is InChI=1S/C10H11ClN2S/c1-6-9-5-8(11)4-7(2-3-12)10(9)14-13-6/h4-5H,2-3,12H2,1H3. The van der Waals surface area contributed by atoms with E-state index in [9.17, 15) is 0 Å². The third kappa shape index (κ3) is 1.63. The second kappa shape index (κ2) is 3.85. The Morgan fingerprint density at radius 2 is 2.29 bits per heavy atom. The van der Waals surface area contributed by atoms with E-state index in [0.717, 1.165) is 22.5 Å². The molecule has 1 aromatic heterocycles. The lowest BCUT2D eigenvalue weighted by Crippen LogP contribution is -2.02. The van der Waals surface area contributed by atoms with Crippen molar-refractivity contribution in [1.29, 1.82) is 0 Å². The van der Waals surface area contributed by atoms with Crippen molar-refractivity contribution in [3.63, 3.8) is 0 Å². The first-order chi connectivity index (χ1) is 6.72. The van der Waals surface area contributed by atoms with Crippen molar-refractivity contribution < 1.29 is 0 Å². The van der Waals surface area contributed by atoms with Crippen LogP contribution in [0.4, 0.5) is 0 Å². The second-order valence-electron chi connectivity index (χ2n) is 3.25. The third-order valence-electron chi connectivity index (χ3n) is 2.21. The van der Waals surface area contributed by atoms with E-state index in [1.165, 1.54) is 21.8 Å². The van der Waals surface area contributed by atoms with Crippen LogP contribution in [-0.4, -0.2) is 10.9 Å². The van der Waals surface area contributed by atoms with Crippen LogP contribution in [-0.2, 0) is 6.42 Å². The van der Waals surface area contributed by atoms with Crippen molar-refractivity contribution >= 4 is 33.2 Å². The van der Waals surface area contributed by atoms with Gasteiger partial charge in [0.15, 0.2) is 0 Å². The minimum atomic E-state index is 0.645. The quantitative estimate of drug-likeness (QED) is 0.855. The first-order valence-electron chi connectivity index (χ1n) is 4.47. The smallest absolute Gasteiger partial charge is 0.0590 e. The molecule has 2 N–H and O–H groups in total. The molecule has 1 aromatic carbocycles. The maximum absolute atomic E-state index is 6.02. The Balaban J connectivity index is 2.68. The minimum absolute atomic E-state index is 0.645. The van der Waals surface area contributed by atoms with Crippen molar-refractivity contribution in [1.82, 2.24) is 4.37 Å². The number of aryl methyl sites for hydroxylation is 1. The van der Waals surface area contributed by atoms with Crippen LogP contribution < -0.4 is 5.73 Å². The van der Waals surface area contributed by atoms with Crippen LogP contribution in [0.1, 0.15) is 11.3 Å². The molecule has 14 heavy (non-hydrogen) atoms. The normalized spacial score (nSPS) is 11.1. The average Bonchev–Trinajstić information content (AvgIpc) is 2.49. The fraction of sp³-hybridized carbons (Fsp3) is 0.300. The molecule has 0 aliphatic carbocycles. The Kier molecular flexibility index (Phi) is 2.72.